The number of halogens is 4. The molecule has 154 valence electrons. The molecule has 3 rings (SSSR count). The molecule has 9 heteroatoms. The third kappa shape index (κ3) is 5.42. The van der Waals surface area contributed by atoms with Crippen LogP contribution in [-0.4, -0.2) is 19.3 Å². The van der Waals surface area contributed by atoms with E-state index in [1.807, 2.05) is 0 Å². The van der Waals surface area contributed by atoms with Crippen molar-refractivity contribution >= 4 is 52.7 Å². The highest BCUT2D eigenvalue weighted by Crippen LogP contribution is 2.33. The molecule has 0 unspecified atom stereocenters. The normalized spacial score (nSPS) is 10.8. The first-order valence-corrected chi connectivity index (χ1v) is 9.60. The van der Waals surface area contributed by atoms with Gasteiger partial charge in [-0.2, -0.15) is 5.10 Å². The second kappa shape index (κ2) is 9.80. The Morgan fingerprint density at radius 2 is 1.67 bits per heavy atom. The molecular formula is C21H14Cl3FN2O3. The number of methoxy groups -OCH3 is 1. The van der Waals surface area contributed by atoms with Crippen LogP contribution < -0.4 is 14.9 Å². The van der Waals surface area contributed by atoms with Crippen LogP contribution in [0.4, 0.5) is 10.1 Å². The number of hydrazone groups is 1. The molecule has 0 fully saturated rings. The average molecular weight is 468 g/mol. The maximum atomic E-state index is 13.0. The van der Waals surface area contributed by atoms with Gasteiger partial charge in [0.25, 0.3) is 0 Å². The minimum atomic E-state index is -0.636. The first-order chi connectivity index (χ1) is 14.4. The summed E-state index contributed by atoms with van der Waals surface area (Å²) in [6, 6.07) is 13.0. The van der Waals surface area contributed by atoms with Crippen molar-refractivity contribution in [1.82, 2.24) is 0 Å². The fourth-order valence-electron chi connectivity index (χ4n) is 2.41. The number of anilines is 1. The largest absolute Gasteiger partial charge is 0.493 e. The second-order valence-electron chi connectivity index (χ2n) is 5.92. The van der Waals surface area contributed by atoms with Gasteiger partial charge < -0.3 is 9.47 Å². The minimum absolute atomic E-state index is 0.209. The van der Waals surface area contributed by atoms with Crippen LogP contribution in [0.1, 0.15) is 15.9 Å². The Balaban J connectivity index is 1.73. The molecule has 0 aliphatic rings. The zero-order valence-corrected chi connectivity index (χ0v) is 17.7. The number of carbonyl (C=O) groups excluding carboxylic acids is 1. The zero-order valence-electron chi connectivity index (χ0n) is 15.5. The molecule has 0 saturated carbocycles. The van der Waals surface area contributed by atoms with Crippen LogP contribution in [0.5, 0.6) is 11.5 Å². The van der Waals surface area contributed by atoms with E-state index in [0.717, 1.165) is 0 Å². The number of benzene rings is 3. The molecule has 30 heavy (non-hydrogen) atoms. The molecule has 0 amide bonds. The lowest BCUT2D eigenvalue weighted by atomic mass is 10.2. The van der Waals surface area contributed by atoms with Gasteiger partial charge in [0.1, 0.15) is 5.82 Å². The van der Waals surface area contributed by atoms with Crippen molar-refractivity contribution in [2.75, 3.05) is 12.5 Å². The summed E-state index contributed by atoms with van der Waals surface area (Å²) in [5.74, 6) is -0.552. The van der Waals surface area contributed by atoms with E-state index in [4.69, 9.17) is 44.3 Å². The summed E-state index contributed by atoms with van der Waals surface area (Å²) in [6.07, 6.45) is 1.51. The van der Waals surface area contributed by atoms with E-state index in [0.29, 0.717) is 32.1 Å². The predicted molar refractivity (Wildman–Crippen MR) is 117 cm³/mol. The lowest BCUT2D eigenvalue weighted by molar-refractivity contribution is 0.0729. The summed E-state index contributed by atoms with van der Waals surface area (Å²) >= 11 is 18.1. The number of rotatable bonds is 6. The Kier molecular flexibility index (Phi) is 7.15. The molecule has 1 N–H and O–H groups in total. The van der Waals surface area contributed by atoms with Gasteiger partial charge in [-0.15, -0.1) is 0 Å². The highest BCUT2D eigenvalue weighted by molar-refractivity contribution is 6.41. The van der Waals surface area contributed by atoms with Gasteiger partial charge >= 0.3 is 5.97 Å². The van der Waals surface area contributed by atoms with Gasteiger partial charge in [0.15, 0.2) is 11.5 Å². The van der Waals surface area contributed by atoms with E-state index < -0.39 is 11.8 Å². The number of hydrogen-bond donors (Lipinski definition) is 1. The monoisotopic (exact) mass is 466 g/mol. The van der Waals surface area contributed by atoms with Crippen LogP contribution >= 0.6 is 34.8 Å². The molecule has 5 nitrogen and oxygen atoms in total. The Hall–Kier alpha value is -2.80. The zero-order chi connectivity index (χ0) is 21.7. The SMILES string of the molecule is COc1cc(C=NNc2c(Cl)cc(Cl)cc2Cl)ccc1OC(=O)c1ccc(F)cc1. The smallest absolute Gasteiger partial charge is 0.343 e. The number of nitrogens with one attached hydrogen (secondary N) is 1. The number of hydrogen-bond acceptors (Lipinski definition) is 5. The van der Waals surface area contributed by atoms with E-state index in [9.17, 15) is 9.18 Å². The predicted octanol–water partition coefficient (Wildman–Crippen LogP) is 6.46. The van der Waals surface area contributed by atoms with Crippen molar-refractivity contribution in [3.63, 3.8) is 0 Å². The van der Waals surface area contributed by atoms with Crippen LogP contribution in [0.2, 0.25) is 15.1 Å². The molecule has 3 aromatic carbocycles. The highest BCUT2D eigenvalue weighted by Gasteiger charge is 2.13. The van der Waals surface area contributed by atoms with E-state index in [1.54, 1.807) is 30.3 Å². The molecule has 0 saturated heterocycles. The minimum Gasteiger partial charge on any atom is -0.493 e. The molecule has 0 aliphatic carbocycles. The maximum Gasteiger partial charge on any atom is 0.343 e. The maximum absolute atomic E-state index is 13.0. The van der Waals surface area contributed by atoms with Gasteiger partial charge in [0, 0.05) is 5.02 Å². The van der Waals surface area contributed by atoms with Crippen LogP contribution in [0.3, 0.4) is 0 Å². The van der Waals surface area contributed by atoms with Crippen molar-refractivity contribution in [3.8, 4) is 11.5 Å². The lowest BCUT2D eigenvalue weighted by Gasteiger charge is -2.10. The van der Waals surface area contributed by atoms with Gasteiger partial charge in [-0.1, -0.05) is 34.8 Å². The van der Waals surface area contributed by atoms with Crippen molar-refractivity contribution in [2.45, 2.75) is 0 Å². The number of carbonyl (C=O) groups is 1. The number of esters is 1. The molecule has 0 spiro atoms. The summed E-state index contributed by atoms with van der Waals surface area (Å²) in [5.41, 5.74) is 4.04. The molecule has 0 bridgehead atoms. The molecule has 0 aliphatic heterocycles. The van der Waals surface area contributed by atoms with E-state index in [1.165, 1.54) is 37.6 Å². The molecule has 0 heterocycles. The van der Waals surface area contributed by atoms with Crippen molar-refractivity contribution in [2.24, 2.45) is 5.10 Å². The van der Waals surface area contributed by atoms with Gasteiger partial charge in [0.2, 0.25) is 0 Å². The lowest BCUT2D eigenvalue weighted by Crippen LogP contribution is -2.09. The molecule has 0 aromatic heterocycles. The number of ether oxygens (including phenoxy) is 2. The third-order valence-electron chi connectivity index (χ3n) is 3.87. The first kappa shape index (κ1) is 21.9. The van der Waals surface area contributed by atoms with Gasteiger partial charge in [0.05, 0.1) is 34.6 Å². The summed E-state index contributed by atoms with van der Waals surface area (Å²) in [5, 5.41) is 5.16. The highest BCUT2D eigenvalue weighted by atomic mass is 35.5. The Morgan fingerprint density at radius 1 is 1.00 bits per heavy atom. The number of nitrogens with zero attached hydrogens (tertiary/aromatic N) is 1. The average Bonchev–Trinajstić information content (AvgIpc) is 2.71. The summed E-state index contributed by atoms with van der Waals surface area (Å²) in [6.45, 7) is 0. The fourth-order valence-corrected chi connectivity index (χ4v) is 3.32. The van der Waals surface area contributed by atoms with Crippen molar-refractivity contribution < 1.29 is 18.7 Å². The van der Waals surface area contributed by atoms with Gasteiger partial charge in [-0.25, -0.2) is 9.18 Å². The summed E-state index contributed by atoms with van der Waals surface area (Å²) in [4.78, 5) is 12.2. The van der Waals surface area contributed by atoms with Crippen LogP contribution in [0.15, 0.2) is 59.7 Å². The summed E-state index contributed by atoms with van der Waals surface area (Å²) < 4.78 is 23.6. The van der Waals surface area contributed by atoms with E-state index in [2.05, 4.69) is 10.5 Å². The fraction of sp³-hybridized carbons (Fsp3) is 0.0476. The van der Waals surface area contributed by atoms with Gasteiger partial charge in [-0.3, -0.25) is 5.43 Å². The van der Waals surface area contributed by atoms with E-state index in [-0.39, 0.29) is 11.3 Å². The molecule has 0 radical (unpaired) electrons. The van der Waals surface area contributed by atoms with Crippen molar-refractivity contribution in [1.29, 1.82) is 0 Å². The Morgan fingerprint density at radius 3 is 2.30 bits per heavy atom. The first-order valence-electron chi connectivity index (χ1n) is 8.47. The molecule has 3 aromatic rings. The third-order valence-corrected chi connectivity index (χ3v) is 4.68. The van der Waals surface area contributed by atoms with E-state index >= 15 is 0 Å². The van der Waals surface area contributed by atoms with Gasteiger partial charge in [-0.05, 0) is 60.2 Å². The van der Waals surface area contributed by atoms with Crippen LogP contribution in [-0.2, 0) is 0 Å². The topological polar surface area (TPSA) is 59.9 Å². The van der Waals surface area contributed by atoms with Crippen LogP contribution in [0, 0.1) is 5.82 Å². The standard InChI is InChI=1S/C21H14Cl3FN2O3/c1-29-19-8-12(11-26-27-20-16(23)9-14(22)10-17(20)24)2-7-18(19)30-21(28)13-3-5-15(25)6-4-13/h2-11,27H,1H3. The Bertz CT molecular complexity index is 1080. The van der Waals surface area contributed by atoms with Crippen LogP contribution in [0.25, 0.3) is 0 Å². The quantitative estimate of drug-likeness (QED) is 0.196. The van der Waals surface area contributed by atoms with Crippen molar-refractivity contribution in [3.05, 3.63) is 86.6 Å². The molecule has 0 atom stereocenters. The molecular weight excluding hydrogens is 454 g/mol. The second-order valence-corrected chi connectivity index (χ2v) is 7.17. The Labute approximate surface area is 187 Å². The summed E-state index contributed by atoms with van der Waals surface area (Å²) in [7, 11) is 1.44.